The topological polar surface area (TPSA) is 92.1 Å². The Balaban J connectivity index is 1.92. The average Bonchev–Trinajstić information content (AvgIpc) is 2.60. The lowest BCUT2D eigenvalue weighted by Gasteiger charge is -2.26. The van der Waals surface area contributed by atoms with Gasteiger partial charge in [0.1, 0.15) is 0 Å². The van der Waals surface area contributed by atoms with Crippen molar-refractivity contribution in [3.05, 3.63) is 11.9 Å². The molecular formula is C9H15N5O2. The summed E-state index contributed by atoms with van der Waals surface area (Å²) in [5.74, 6) is -0.306. The zero-order chi connectivity index (χ0) is 11.5. The molecule has 0 bridgehead atoms. The van der Waals surface area contributed by atoms with Crippen LogP contribution in [0.25, 0.3) is 0 Å². The first-order valence-corrected chi connectivity index (χ1v) is 5.25. The molecule has 0 saturated carbocycles. The van der Waals surface area contributed by atoms with Crippen molar-refractivity contribution in [1.82, 2.24) is 25.6 Å². The smallest absolute Gasteiger partial charge is 0.273 e. The zero-order valence-electron chi connectivity index (χ0n) is 9.05. The number of aliphatic hydroxyl groups excluding tert-OH is 1. The van der Waals surface area contributed by atoms with Crippen molar-refractivity contribution in [2.24, 2.45) is 0 Å². The second kappa shape index (κ2) is 4.58. The standard InChI is InChI=1S/C9H15N5O2/c1-6(15)2-11-9(16)8-5-14(13-12-8)7-3-10-4-7/h5-7,10,15H,2-4H2,1H3,(H,11,16)/t6-/m1/s1. The first kappa shape index (κ1) is 11.0. The Morgan fingerprint density at radius 2 is 2.56 bits per heavy atom. The minimum Gasteiger partial charge on any atom is -0.392 e. The zero-order valence-corrected chi connectivity index (χ0v) is 9.05. The van der Waals surface area contributed by atoms with E-state index in [9.17, 15) is 4.79 Å². The molecule has 1 aromatic heterocycles. The molecule has 1 fully saturated rings. The van der Waals surface area contributed by atoms with Gasteiger partial charge in [-0.1, -0.05) is 5.21 Å². The molecule has 2 rings (SSSR count). The monoisotopic (exact) mass is 225 g/mol. The molecule has 0 spiro atoms. The molecular weight excluding hydrogens is 210 g/mol. The Morgan fingerprint density at radius 3 is 3.12 bits per heavy atom. The quantitative estimate of drug-likeness (QED) is 0.582. The van der Waals surface area contributed by atoms with E-state index in [4.69, 9.17) is 5.11 Å². The van der Waals surface area contributed by atoms with E-state index in [1.54, 1.807) is 17.8 Å². The van der Waals surface area contributed by atoms with Crippen LogP contribution in [0.2, 0.25) is 0 Å². The molecule has 0 unspecified atom stereocenters. The second-order valence-corrected chi connectivity index (χ2v) is 3.95. The molecule has 16 heavy (non-hydrogen) atoms. The van der Waals surface area contributed by atoms with Gasteiger partial charge in [0.25, 0.3) is 5.91 Å². The summed E-state index contributed by atoms with van der Waals surface area (Å²) in [6.45, 7) is 3.55. The van der Waals surface area contributed by atoms with Gasteiger partial charge in [0.2, 0.25) is 0 Å². The Morgan fingerprint density at radius 1 is 1.81 bits per heavy atom. The molecule has 1 atom stereocenters. The first-order valence-electron chi connectivity index (χ1n) is 5.25. The lowest BCUT2D eigenvalue weighted by atomic mass is 10.2. The van der Waals surface area contributed by atoms with Gasteiger partial charge >= 0.3 is 0 Å². The van der Waals surface area contributed by atoms with Crippen molar-refractivity contribution >= 4 is 5.91 Å². The summed E-state index contributed by atoms with van der Waals surface area (Å²) in [5.41, 5.74) is 0.285. The average molecular weight is 225 g/mol. The van der Waals surface area contributed by atoms with E-state index in [0.717, 1.165) is 13.1 Å². The Kier molecular flexibility index (Phi) is 3.16. The van der Waals surface area contributed by atoms with Gasteiger partial charge in [-0.3, -0.25) is 4.79 Å². The van der Waals surface area contributed by atoms with Crippen LogP contribution in [0.3, 0.4) is 0 Å². The van der Waals surface area contributed by atoms with Crippen molar-refractivity contribution in [3.63, 3.8) is 0 Å². The Labute approximate surface area is 92.8 Å². The number of rotatable bonds is 4. The van der Waals surface area contributed by atoms with Gasteiger partial charge in [-0.2, -0.15) is 0 Å². The maximum atomic E-state index is 11.5. The highest BCUT2D eigenvalue weighted by atomic mass is 16.3. The summed E-state index contributed by atoms with van der Waals surface area (Å²) in [6, 6.07) is 0.297. The highest BCUT2D eigenvalue weighted by Gasteiger charge is 2.21. The third kappa shape index (κ3) is 2.37. The lowest BCUT2D eigenvalue weighted by molar-refractivity contribution is 0.0919. The van der Waals surface area contributed by atoms with Gasteiger partial charge in [0, 0.05) is 19.6 Å². The molecule has 1 saturated heterocycles. The molecule has 0 aliphatic carbocycles. The largest absolute Gasteiger partial charge is 0.392 e. The van der Waals surface area contributed by atoms with Crippen LogP contribution < -0.4 is 10.6 Å². The number of hydrogen-bond acceptors (Lipinski definition) is 5. The summed E-state index contributed by atoms with van der Waals surface area (Å²) in [4.78, 5) is 11.5. The Hall–Kier alpha value is -1.47. The summed E-state index contributed by atoms with van der Waals surface area (Å²) in [5, 5.41) is 22.4. The summed E-state index contributed by atoms with van der Waals surface area (Å²) >= 11 is 0. The van der Waals surface area contributed by atoms with E-state index in [2.05, 4.69) is 20.9 Å². The van der Waals surface area contributed by atoms with Crippen LogP contribution in [0.15, 0.2) is 6.20 Å². The second-order valence-electron chi connectivity index (χ2n) is 3.95. The van der Waals surface area contributed by atoms with Crippen molar-refractivity contribution in [2.45, 2.75) is 19.1 Å². The number of aliphatic hydroxyl groups is 1. The van der Waals surface area contributed by atoms with Crippen LogP contribution in [-0.4, -0.2) is 51.7 Å². The van der Waals surface area contributed by atoms with Crippen LogP contribution in [0, 0.1) is 0 Å². The molecule has 88 valence electrons. The van der Waals surface area contributed by atoms with Crippen molar-refractivity contribution in [3.8, 4) is 0 Å². The number of hydrogen-bond donors (Lipinski definition) is 3. The normalized spacial score (nSPS) is 17.9. The summed E-state index contributed by atoms with van der Waals surface area (Å²) < 4.78 is 1.69. The fourth-order valence-corrected chi connectivity index (χ4v) is 1.35. The van der Waals surface area contributed by atoms with Crippen LogP contribution in [0.5, 0.6) is 0 Å². The summed E-state index contributed by atoms with van der Waals surface area (Å²) in [6.07, 6.45) is 1.07. The molecule has 7 heteroatoms. The molecule has 1 amide bonds. The number of amides is 1. The van der Waals surface area contributed by atoms with E-state index >= 15 is 0 Å². The SMILES string of the molecule is C[C@@H](O)CNC(=O)c1cn(C2CNC2)nn1. The van der Waals surface area contributed by atoms with Gasteiger partial charge in [-0.15, -0.1) is 5.10 Å². The highest BCUT2D eigenvalue weighted by Crippen LogP contribution is 2.09. The minimum atomic E-state index is -0.560. The molecule has 0 radical (unpaired) electrons. The third-order valence-electron chi connectivity index (χ3n) is 2.44. The number of nitrogens with one attached hydrogen (secondary N) is 2. The van der Waals surface area contributed by atoms with E-state index in [1.807, 2.05) is 0 Å². The van der Waals surface area contributed by atoms with Crippen LogP contribution >= 0.6 is 0 Å². The molecule has 2 heterocycles. The van der Waals surface area contributed by atoms with Crippen LogP contribution in [0.1, 0.15) is 23.5 Å². The van der Waals surface area contributed by atoms with Crippen LogP contribution in [0.4, 0.5) is 0 Å². The fraction of sp³-hybridized carbons (Fsp3) is 0.667. The number of nitrogens with zero attached hydrogens (tertiary/aromatic N) is 3. The maximum absolute atomic E-state index is 11.5. The minimum absolute atomic E-state index is 0.219. The number of carbonyl (C=O) groups excluding carboxylic acids is 1. The van der Waals surface area contributed by atoms with Gasteiger partial charge in [-0.05, 0) is 6.92 Å². The van der Waals surface area contributed by atoms with Crippen molar-refractivity contribution < 1.29 is 9.90 Å². The molecule has 0 aromatic carbocycles. The molecule has 1 aromatic rings. The highest BCUT2D eigenvalue weighted by molar-refractivity contribution is 5.91. The van der Waals surface area contributed by atoms with Gasteiger partial charge in [0.15, 0.2) is 5.69 Å². The third-order valence-corrected chi connectivity index (χ3v) is 2.44. The van der Waals surface area contributed by atoms with Gasteiger partial charge < -0.3 is 15.7 Å². The number of carbonyl (C=O) groups is 1. The lowest BCUT2D eigenvalue weighted by Crippen LogP contribution is -2.43. The molecule has 3 N–H and O–H groups in total. The predicted molar refractivity (Wildman–Crippen MR) is 55.9 cm³/mol. The van der Waals surface area contributed by atoms with Crippen molar-refractivity contribution in [1.29, 1.82) is 0 Å². The maximum Gasteiger partial charge on any atom is 0.273 e. The van der Waals surface area contributed by atoms with E-state index in [1.165, 1.54) is 0 Å². The molecule has 7 nitrogen and oxygen atoms in total. The predicted octanol–water partition coefficient (Wildman–Crippen LogP) is -1.47. The fourth-order valence-electron chi connectivity index (χ4n) is 1.35. The van der Waals surface area contributed by atoms with E-state index in [-0.39, 0.29) is 18.1 Å². The van der Waals surface area contributed by atoms with Crippen molar-refractivity contribution in [2.75, 3.05) is 19.6 Å². The molecule has 1 aliphatic heterocycles. The Bertz CT molecular complexity index is 372. The summed E-state index contributed by atoms with van der Waals surface area (Å²) in [7, 11) is 0. The van der Waals surface area contributed by atoms with Gasteiger partial charge in [-0.25, -0.2) is 4.68 Å². The first-order chi connectivity index (χ1) is 7.66. The molecule has 1 aliphatic rings. The van der Waals surface area contributed by atoms with Gasteiger partial charge in [0.05, 0.1) is 18.3 Å². The van der Waals surface area contributed by atoms with Crippen LogP contribution in [-0.2, 0) is 0 Å². The number of aromatic nitrogens is 3. The van der Waals surface area contributed by atoms with E-state index in [0.29, 0.717) is 6.04 Å². The van der Waals surface area contributed by atoms with E-state index < -0.39 is 6.10 Å².